The summed E-state index contributed by atoms with van der Waals surface area (Å²) < 4.78 is 13.9. The van der Waals surface area contributed by atoms with Gasteiger partial charge in [0.05, 0.1) is 2.74 Å². The van der Waals surface area contributed by atoms with E-state index in [2.05, 4.69) is 4.98 Å². The second kappa shape index (κ2) is 2.30. The average Bonchev–Trinajstić information content (AvgIpc) is 1.96. The van der Waals surface area contributed by atoms with E-state index in [1.165, 1.54) is 0 Å². The molecular weight excluding hydrogens is 137 g/mol. The van der Waals surface area contributed by atoms with Crippen molar-refractivity contribution in [3.8, 4) is 0 Å². The minimum absolute atomic E-state index is 0.440. The largest absolute Gasteiger partial charge is 0.364 e. The number of rotatable bonds is 1. The second-order valence-electron chi connectivity index (χ2n) is 1.52. The SMILES string of the molecule is [2H]c1[15n]c(C([15NH2])=O)c(=O)[15nH]c1[2H]. The van der Waals surface area contributed by atoms with Gasteiger partial charge in [-0.1, -0.05) is 0 Å². The molecule has 0 aromatic carbocycles. The summed E-state index contributed by atoms with van der Waals surface area (Å²) in [6.45, 7) is 0. The lowest BCUT2D eigenvalue weighted by atomic mass is 10.5. The zero-order valence-corrected chi connectivity index (χ0v) is 4.84. The number of nitrogens with two attached hydrogens (primary N) is 1. The van der Waals surface area contributed by atoms with Crippen molar-refractivity contribution in [1.82, 2.24) is 9.97 Å². The number of aromatic nitrogens is 2. The molecule has 5 heteroatoms. The molecule has 0 aliphatic rings. The Bertz CT molecular complexity index is 387. The van der Waals surface area contributed by atoms with E-state index in [4.69, 9.17) is 8.48 Å². The standard InChI is InChI=1S/C5H5N3O2/c6-4(9)3-5(10)8-2-1-7-3/h1-2H,(H2,6,9)(H,8,10)/i1D,2D,6+1,7+1,8+1. The fourth-order valence-corrected chi connectivity index (χ4v) is 0.446. The van der Waals surface area contributed by atoms with Crippen molar-refractivity contribution in [3.63, 3.8) is 0 Å². The first-order valence-corrected chi connectivity index (χ1v) is 2.39. The quantitative estimate of drug-likeness (QED) is 0.488. The third kappa shape index (κ3) is 1.02. The highest BCUT2D eigenvalue weighted by Crippen LogP contribution is 1.77. The molecule has 1 aromatic heterocycles. The molecule has 3 N–H and O–H groups in total. The lowest BCUT2D eigenvalue weighted by Crippen LogP contribution is -2.24. The van der Waals surface area contributed by atoms with E-state index in [0.717, 1.165) is 0 Å². The van der Waals surface area contributed by atoms with Gasteiger partial charge in [-0.05, 0) is 0 Å². The number of amides is 1. The van der Waals surface area contributed by atoms with Crippen molar-refractivity contribution < 1.29 is 7.54 Å². The summed E-state index contributed by atoms with van der Waals surface area (Å²) >= 11 is 0. The van der Waals surface area contributed by atoms with Gasteiger partial charge < -0.3 is 10.7 Å². The van der Waals surface area contributed by atoms with Gasteiger partial charge in [0.15, 0.2) is 5.69 Å². The van der Waals surface area contributed by atoms with Gasteiger partial charge in [0.2, 0.25) is 0 Å². The van der Waals surface area contributed by atoms with Crippen LogP contribution in [-0.4, -0.2) is 15.9 Å². The van der Waals surface area contributed by atoms with Crippen LogP contribution in [0, 0.1) is 0 Å². The highest BCUT2D eigenvalue weighted by molar-refractivity contribution is 5.90. The Balaban J connectivity index is 3.43. The van der Waals surface area contributed by atoms with E-state index in [9.17, 15) is 9.59 Å². The van der Waals surface area contributed by atoms with Crippen LogP contribution in [0.2, 0.25) is 0 Å². The van der Waals surface area contributed by atoms with Crippen LogP contribution in [0.5, 0.6) is 0 Å². The molecular formula is C5H5N3O2. The first kappa shape index (κ1) is 4.21. The third-order valence-electron chi connectivity index (χ3n) is 0.848. The van der Waals surface area contributed by atoms with E-state index in [1.54, 1.807) is 0 Å². The van der Waals surface area contributed by atoms with Crippen molar-refractivity contribution in [3.05, 3.63) is 28.4 Å². The van der Waals surface area contributed by atoms with Crippen LogP contribution < -0.4 is 11.3 Å². The first-order valence-electron chi connectivity index (χ1n) is 3.39. The van der Waals surface area contributed by atoms with Crippen LogP contribution in [-0.2, 0) is 0 Å². The summed E-state index contributed by atoms with van der Waals surface area (Å²) in [7, 11) is 0. The van der Waals surface area contributed by atoms with E-state index >= 15 is 0 Å². The van der Waals surface area contributed by atoms with Gasteiger partial charge >= 0.3 is 0 Å². The summed E-state index contributed by atoms with van der Waals surface area (Å²) in [5.41, 5.74) is 3.38. The predicted octanol–water partition coefficient (Wildman–Crippen LogP) is -1.13. The van der Waals surface area contributed by atoms with E-state index in [0.29, 0.717) is 0 Å². The van der Waals surface area contributed by atoms with Crippen LogP contribution in [0.1, 0.15) is 13.2 Å². The van der Waals surface area contributed by atoms with Gasteiger partial charge in [-0.15, -0.1) is 0 Å². The number of nitrogens with one attached hydrogen (secondary N) is 1. The molecule has 1 heterocycles. The van der Waals surface area contributed by atoms with E-state index < -0.39 is 29.5 Å². The van der Waals surface area contributed by atoms with Crippen molar-refractivity contribution in [2.45, 2.75) is 0 Å². The van der Waals surface area contributed by atoms with Crippen molar-refractivity contribution in [2.24, 2.45) is 5.73 Å². The minimum atomic E-state index is -1.01. The maximum Gasteiger partial charge on any atom is 0.279 e. The molecule has 1 amide bonds. The number of aromatic amines is 1. The molecule has 5 nitrogen and oxygen atoms in total. The first-order chi connectivity index (χ1) is 5.52. The molecule has 0 atom stereocenters. The molecule has 0 fully saturated rings. The van der Waals surface area contributed by atoms with Gasteiger partial charge in [0, 0.05) is 12.3 Å². The van der Waals surface area contributed by atoms with Gasteiger partial charge in [0.1, 0.15) is 0 Å². The third-order valence-corrected chi connectivity index (χ3v) is 0.848. The number of carbonyl (C=O) groups excluding carboxylic acids is 1. The fourth-order valence-electron chi connectivity index (χ4n) is 0.446. The van der Waals surface area contributed by atoms with Crippen LogP contribution >= 0.6 is 0 Å². The topological polar surface area (TPSA) is 88.8 Å². The van der Waals surface area contributed by atoms with Crippen LogP contribution in [0.3, 0.4) is 0 Å². The van der Waals surface area contributed by atoms with Gasteiger partial charge in [-0.3, -0.25) is 9.59 Å². The Morgan fingerprint density at radius 3 is 3.20 bits per heavy atom. The molecule has 0 spiro atoms. The summed E-state index contributed by atoms with van der Waals surface area (Å²) in [5.74, 6) is -1.01. The molecule has 1 rings (SSSR count). The zero-order valence-electron chi connectivity index (χ0n) is 6.84. The fraction of sp³-hybridized carbons (Fsp3) is 0. The summed E-state index contributed by atoms with van der Waals surface area (Å²) in [6, 6.07) is 0. The molecule has 0 saturated heterocycles. The van der Waals surface area contributed by atoms with Crippen LogP contribution in [0.4, 0.5) is 0 Å². The normalized spacial score (nSPS) is 12.0. The number of hydrogen-bond donors (Lipinski definition) is 2. The molecule has 1 aromatic rings. The van der Waals surface area contributed by atoms with Gasteiger partial charge in [0.25, 0.3) is 11.5 Å². The molecule has 52 valence electrons. The van der Waals surface area contributed by atoms with E-state index in [1.807, 2.05) is 4.98 Å². The molecule has 0 aliphatic heterocycles. The van der Waals surface area contributed by atoms with E-state index in [-0.39, 0.29) is 0 Å². The Hall–Kier alpha value is -1.65. The predicted molar refractivity (Wildman–Crippen MR) is 33.4 cm³/mol. The van der Waals surface area contributed by atoms with Crippen molar-refractivity contribution >= 4 is 5.91 Å². The van der Waals surface area contributed by atoms with Crippen LogP contribution in [0.25, 0.3) is 0 Å². The highest BCUT2D eigenvalue weighted by Gasteiger charge is 2.04. The average molecular weight is 144 g/mol. The maximum atomic E-state index is 10.8. The highest BCUT2D eigenvalue weighted by atomic mass is 16.2. The Morgan fingerprint density at radius 1 is 1.90 bits per heavy atom. The smallest absolute Gasteiger partial charge is 0.279 e. The Labute approximate surface area is 58.7 Å². The molecule has 0 bridgehead atoms. The minimum Gasteiger partial charge on any atom is -0.364 e. The summed E-state index contributed by atoms with van der Waals surface area (Å²) in [6.07, 6.45) is -0.923. The second-order valence-corrected chi connectivity index (χ2v) is 1.52. The molecule has 0 radical (unpaired) electrons. The van der Waals surface area contributed by atoms with Crippen LogP contribution in [0.15, 0.2) is 17.1 Å². The number of primary amides is 1. The number of hydrogen-bond acceptors (Lipinski definition) is 3. The van der Waals surface area contributed by atoms with Gasteiger partial charge in [-0.25, -0.2) is 4.98 Å². The van der Waals surface area contributed by atoms with Crippen molar-refractivity contribution in [1.29, 1.82) is 0 Å². The number of nitrogens with zero attached hydrogens (tertiary/aromatic N) is 1. The molecule has 10 heavy (non-hydrogen) atoms. The summed E-state index contributed by atoms with van der Waals surface area (Å²) in [4.78, 5) is 26.5. The number of carbonyl (C=O) groups is 1. The maximum absolute atomic E-state index is 10.8. The molecule has 0 unspecified atom stereocenters. The lowest BCUT2D eigenvalue weighted by molar-refractivity contribution is 0.0994. The monoisotopic (exact) mass is 144 g/mol. The lowest BCUT2D eigenvalue weighted by Gasteiger charge is -1.88. The summed E-state index contributed by atoms with van der Waals surface area (Å²) in [5, 5.41) is 0. The zero-order chi connectivity index (χ0) is 9.30. The van der Waals surface area contributed by atoms with Gasteiger partial charge in [-0.2, -0.15) is 0 Å². The molecule has 0 aliphatic carbocycles. The number of H-pyrrole nitrogens is 1. The van der Waals surface area contributed by atoms with Crippen molar-refractivity contribution in [2.75, 3.05) is 0 Å². The Kier molecular flexibility index (Phi) is 0.969. The Morgan fingerprint density at radius 2 is 2.60 bits per heavy atom. The molecule has 0 saturated carbocycles.